The van der Waals surface area contributed by atoms with E-state index in [9.17, 15) is 5.26 Å². The van der Waals surface area contributed by atoms with E-state index in [2.05, 4.69) is 32.0 Å². The highest BCUT2D eigenvalue weighted by Gasteiger charge is 2.02. The Morgan fingerprint density at radius 3 is 2.15 bits per heavy atom. The average molecular weight is 282 g/mol. The third-order valence-corrected chi connectivity index (χ3v) is 3.44. The van der Waals surface area contributed by atoms with Crippen LogP contribution in [-0.2, 0) is 0 Å². The summed E-state index contributed by atoms with van der Waals surface area (Å²) in [6.45, 7) is 4.33. The van der Waals surface area contributed by atoms with Crippen molar-refractivity contribution < 1.29 is 0 Å². The lowest BCUT2D eigenvalue weighted by atomic mass is 9.99. The lowest BCUT2D eigenvalue weighted by Crippen LogP contribution is -1.87. The minimum Gasteiger partial charge on any atom is -0.192 e. The van der Waals surface area contributed by atoms with Gasteiger partial charge in [-0.2, -0.15) is 5.26 Å². The van der Waals surface area contributed by atoms with Crippen LogP contribution < -0.4 is 0 Å². The highest BCUT2D eigenvalue weighted by atomic mass is 35.5. The van der Waals surface area contributed by atoms with Gasteiger partial charge in [0.05, 0.1) is 11.6 Å². The summed E-state index contributed by atoms with van der Waals surface area (Å²) in [4.78, 5) is 0. The molecule has 2 heteroatoms. The highest BCUT2D eigenvalue weighted by Crippen LogP contribution is 2.21. The van der Waals surface area contributed by atoms with Gasteiger partial charge < -0.3 is 0 Å². The Labute approximate surface area is 125 Å². The number of allylic oxidation sites excluding steroid dienone is 1. The van der Waals surface area contributed by atoms with E-state index in [1.54, 1.807) is 12.1 Å². The van der Waals surface area contributed by atoms with Crippen molar-refractivity contribution in [3.05, 3.63) is 70.2 Å². The molecule has 1 nitrogen and oxygen atoms in total. The molecule has 0 spiro atoms. The van der Waals surface area contributed by atoms with Gasteiger partial charge in [-0.1, -0.05) is 61.8 Å². The number of nitrogens with zero attached hydrogens (tertiary/aromatic N) is 1. The number of hydrogen-bond donors (Lipinski definition) is 0. The summed E-state index contributed by atoms with van der Waals surface area (Å²) in [7, 11) is 0. The molecule has 0 aromatic heterocycles. The van der Waals surface area contributed by atoms with Crippen LogP contribution in [0.2, 0.25) is 5.02 Å². The van der Waals surface area contributed by atoms with Crippen molar-refractivity contribution in [3.63, 3.8) is 0 Å². The molecule has 0 radical (unpaired) electrons. The van der Waals surface area contributed by atoms with Crippen LogP contribution in [0.15, 0.2) is 48.5 Å². The maximum atomic E-state index is 9.30. The summed E-state index contributed by atoms with van der Waals surface area (Å²) in [5.41, 5.74) is 3.84. The second kappa shape index (κ2) is 6.41. The lowest BCUT2D eigenvalue weighted by Gasteiger charge is -2.05. The molecule has 0 unspecified atom stereocenters. The highest BCUT2D eigenvalue weighted by molar-refractivity contribution is 6.30. The molecule has 0 saturated heterocycles. The second-order valence-electron chi connectivity index (χ2n) is 5.00. The van der Waals surface area contributed by atoms with Crippen LogP contribution in [-0.4, -0.2) is 0 Å². The van der Waals surface area contributed by atoms with Crippen LogP contribution in [0.4, 0.5) is 0 Å². The molecule has 2 aromatic carbocycles. The zero-order chi connectivity index (χ0) is 14.5. The van der Waals surface area contributed by atoms with E-state index in [1.807, 2.05) is 30.3 Å². The van der Waals surface area contributed by atoms with Crippen LogP contribution in [0.25, 0.3) is 11.6 Å². The van der Waals surface area contributed by atoms with E-state index in [0.29, 0.717) is 16.5 Å². The fourth-order valence-electron chi connectivity index (χ4n) is 1.95. The fourth-order valence-corrected chi connectivity index (χ4v) is 2.08. The summed E-state index contributed by atoms with van der Waals surface area (Å²) in [6.07, 6.45) is 1.90. The first-order valence-electron chi connectivity index (χ1n) is 6.58. The zero-order valence-electron chi connectivity index (χ0n) is 11.6. The Bertz CT molecular complexity index is 643. The van der Waals surface area contributed by atoms with E-state index in [0.717, 1.165) is 11.1 Å². The fraction of sp³-hybridized carbons (Fsp3) is 0.167. The van der Waals surface area contributed by atoms with Gasteiger partial charge in [-0.25, -0.2) is 0 Å². The third-order valence-electron chi connectivity index (χ3n) is 3.19. The van der Waals surface area contributed by atoms with Gasteiger partial charge in [0.15, 0.2) is 0 Å². The topological polar surface area (TPSA) is 23.8 Å². The Balaban J connectivity index is 2.31. The average Bonchev–Trinajstić information content (AvgIpc) is 2.46. The molecular formula is C18H16ClN. The van der Waals surface area contributed by atoms with Crippen LogP contribution in [0.5, 0.6) is 0 Å². The molecule has 0 saturated carbocycles. The minimum absolute atomic E-state index is 0.514. The quantitative estimate of drug-likeness (QED) is 0.536. The molecule has 2 aromatic rings. The number of hydrogen-bond acceptors (Lipinski definition) is 1. The summed E-state index contributed by atoms with van der Waals surface area (Å²) in [5.74, 6) is 0.514. The molecule has 0 aliphatic rings. The summed E-state index contributed by atoms with van der Waals surface area (Å²) >= 11 is 5.86. The van der Waals surface area contributed by atoms with Crippen molar-refractivity contribution in [2.24, 2.45) is 0 Å². The normalized spacial score (nSPS) is 11.4. The van der Waals surface area contributed by atoms with Gasteiger partial charge in [-0.15, -0.1) is 0 Å². The van der Waals surface area contributed by atoms with Gasteiger partial charge in [0.25, 0.3) is 0 Å². The van der Waals surface area contributed by atoms with Gasteiger partial charge >= 0.3 is 0 Å². The zero-order valence-corrected chi connectivity index (χ0v) is 12.4. The number of halogens is 1. The Hall–Kier alpha value is -2.04. The predicted octanol–water partition coefficient (Wildman–Crippen LogP) is 5.53. The molecular weight excluding hydrogens is 266 g/mol. The maximum Gasteiger partial charge on any atom is 0.0998 e. The van der Waals surface area contributed by atoms with Crippen molar-refractivity contribution in [3.8, 4) is 6.07 Å². The van der Waals surface area contributed by atoms with E-state index >= 15 is 0 Å². The Morgan fingerprint density at radius 2 is 1.65 bits per heavy atom. The van der Waals surface area contributed by atoms with Gasteiger partial charge in [0, 0.05) is 5.02 Å². The summed E-state index contributed by atoms with van der Waals surface area (Å²) < 4.78 is 0. The Morgan fingerprint density at radius 1 is 1.05 bits per heavy atom. The minimum atomic E-state index is 0.514. The first-order chi connectivity index (χ1) is 9.60. The van der Waals surface area contributed by atoms with Crippen LogP contribution >= 0.6 is 11.6 Å². The number of benzene rings is 2. The smallest absolute Gasteiger partial charge is 0.0998 e. The molecule has 0 fully saturated rings. The van der Waals surface area contributed by atoms with E-state index < -0.39 is 0 Å². The molecule has 2 rings (SSSR count). The van der Waals surface area contributed by atoms with Crippen LogP contribution in [0.3, 0.4) is 0 Å². The third kappa shape index (κ3) is 3.50. The van der Waals surface area contributed by atoms with Crippen molar-refractivity contribution in [1.29, 1.82) is 5.26 Å². The monoisotopic (exact) mass is 281 g/mol. The summed E-state index contributed by atoms with van der Waals surface area (Å²) in [6, 6.07) is 17.9. The molecule has 0 amide bonds. The largest absolute Gasteiger partial charge is 0.192 e. The molecule has 20 heavy (non-hydrogen) atoms. The molecule has 0 atom stereocenters. The lowest BCUT2D eigenvalue weighted by molar-refractivity contribution is 0.866. The van der Waals surface area contributed by atoms with Gasteiger partial charge in [-0.3, -0.25) is 0 Å². The molecule has 0 bridgehead atoms. The molecule has 0 heterocycles. The SMILES string of the molecule is CC(C)c1ccc(/C=C(\C#N)c2ccc(Cl)cc2)cc1. The van der Waals surface area contributed by atoms with Crippen molar-refractivity contribution in [2.45, 2.75) is 19.8 Å². The van der Waals surface area contributed by atoms with Crippen LogP contribution in [0, 0.1) is 11.3 Å². The number of nitriles is 1. The van der Waals surface area contributed by atoms with Crippen molar-refractivity contribution >= 4 is 23.3 Å². The molecule has 0 N–H and O–H groups in total. The molecule has 0 aliphatic carbocycles. The molecule has 0 aliphatic heterocycles. The van der Waals surface area contributed by atoms with Gasteiger partial charge in [0.2, 0.25) is 0 Å². The summed E-state index contributed by atoms with van der Waals surface area (Å²) in [5, 5.41) is 9.98. The van der Waals surface area contributed by atoms with Gasteiger partial charge in [0.1, 0.15) is 0 Å². The standard InChI is InChI=1S/C18H16ClN/c1-13(2)15-5-3-14(4-6-15)11-17(12-20)16-7-9-18(19)10-8-16/h3-11,13H,1-2H3/b17-11+. The van der Waals surface area contributed by atoms with E-state index in [1.165, 1.54) is 5.56 Å². The first kappa shape index (κ1) is 14.4. The molecule has 100 valence electrons. The maximum absolute atomic E-state index is 9.30. The first-order valence-corrected chi connectivity index (χ1v) is 6.95. The van der Waals surface area contributed by atoms with E-state index in [4.69, 9.17) is 11.6 Å². The number of rotatable bonds is 3. The Kier molecular flexibility index (Phi) is 4.61. The second-order valence-corrected chi connectivity index (χ2v) is 5.43. The predicted molar refractivity (Wildman–Crippen MR) is 85.5 cm³/mol. The van der Waals surface area contributed by atoms with Crippen LogP contribution in [0.1, 0.15) is 36.5 Å². The van der Waals surface area contributed by atoms with Crippen molar-refractivity contribution in [2.75, 3.05) is 0 Å². The van der Waals surface area contributed by atoms with Gasteiger partial charge in [-0.05, 0) is 40.8 Å². The van der Waals surface area contributed by atoms with E-state index in [-0.39, 0.29) is 0 Å². The van der Waals surface area contributed by atoms with Crippen molar-refractivity contribution in [1.82, 2.24) is 0 Å².